The van der Waals surface area contributed by atoms with Crippen LogP contribution in [0.5, 0.6) is 0 Å². The molecular formula is C16H26Cl2FN3O. The summed E-state index contributed by atoms with van der Waals surface area (Å²) in [6.45, 7) is 3.53. The standard InChI is InChI=1S/C16H24FN3O.2ClH/c1-12(18)7-8-16(21)19-14-5-3-9-20(11-14)15-6-2-4-13(17)10-15;;/h2,4,6,10,12,14H,3,5,7-9,11,18H2,1H3,(H,19,21);2*1H. The van der Waals surface area contributed by atoms with Gasteiger partial charge in [0, 0.05) is 37.3 Å². The van der Waals surface area contributed by atoms with Crippen LogP contribution in [0.1, 0.15) is 32.6 Å². The second kappa shape index (κ2) is 10.7. The number of hydrogen-bond donors (Lipinski definition) is 2. The second-order valence-electron chi connectivity index (χ2n) is 5.85. The summed E-state index contributed by atoms with van der Waals surface area (Å²) in [5, 5.41) is 3.06. The van der Waals surface area contributed by atoms with E-state index in [4.69, 9.17) is 5.73 Å². The van der Waals surface area contributed by atoms with E-state index < -0.39 is 0 Å². The van der Waals surface area contributed by atoms with E-state index in [-0.39, 0.29) is 48.6 Å². The fourth-order valence-electron chi connectivity index (χ4n) is 2.66. The number of amides is 1. The molecule has 1 aliphatic heterocycles. The van der Waals surface area contributed by atoms with Crippen molar-refractivity contribution in [3.05, 3.63) is 30.1 Å². The van der Waals surface area contributed by atoms with Crippen LogP contribution in [0.25, 0.3) is 0 Å². The maximum Gasteiger partial charge on any atom is 0.220 e. The number of carbonyl (C=O) groups excluding carboxylic acids is 1. The zero-order valence-corrected chi connectivity index (χ0v) is 15.0. The van der Waals surface area contributed by atoms with E-state index in [1.54, 1.807) is 12.1 Å². The highest BCUT2D eigenvalue weighted by atomic mass is 35.5. The molecule has 1 aromatic rings. The third-order valence-electron chi connectivity index (χ3n) is 3.79. The molecule has 23 heavy (non-hydrogen) atoms. The Morgan fingerprint density at radius 3 is 2.87 bits per heavy atom. The van der Waals surface area contributed by atoms with E-state index in [1.165, 1.54) is 6.07 Å². The quantitative estimate of drug-likeness (QED) is 0.843. The highest BCUT2D eigenvalue weighted by molar-refractivity contribution is 5.85. The van der Waals surface area contributed by atoms with E-state index in [0.29, 0.717) is 12.8 Å². The van der Waals surface area contributed by atoms with Crippen molar-refractivity contribution in [2.75, 3.05) is 18.0 Å². The Morgan fingerprint density at radius 1 is 1.48 bits per heavy atom. The third kappa shape index (κ3) is 7.38. The SMILES string of the molecule is CC(N)CCC(=O)NC1CCCN(c2cccc(F)c2)C1.Cl.Cl. The number of nitrogens with zero attached hydrogens (tertiary/aromatic N) is 1. The van der Waals surface area contributed by atoms with Crippen molar-refractivity contribution in [3.63, 3.8) is 0 Å². The number of hydrogen-bond acceptors (Lipinski definition) is 3. The van der Waals surface area contributed by atoms with Gasteiger partial charge in [-0.15, -0.1) is 24.8 Å². The van der Waals surface area contributed by atoms with Crippen LogP contribution in [-0.4, -0.2) is 31.1 Å². The van der Waals surface area contributed by atoms with Gasteiger partial charge in [-0.3, -0.25) is 4.79 Å². The van der Waals surface area contributed by atoms with Gasteiger partial charge in [-0.1, -0.05) is 6.07 Å². The number of nitrogens with two attached hydrogens (primary N) is 1. The number of halogens is 3. The molecule has 1 fully saturated rings. The summed E-state index contributed by atoms with van der Waals surface area (Å²) in [7, 11) is 0. The normalized spacial score (nSPS) is 18.4. The molecule has 7 heteroatoms. The van der Waals surface area contributed by atoms with Gasteiger partial charge in [-0.25, -0.2) is 4.39 Å². The van der Waals surface area contributed by atoms with Crippen LogP contribution in [0.2, 0.25) is 0 Å². The third-order valence-corrected chi connectivity index (χ3v) is 3.79. The molecule has 2 rings (SSSR count). The van der Waals surface area contributed by atoms with Crippen molar-refractivity contribution >= 4 is 36.4 Å². The summed E-state index contributed by atoms with van der Waals surface area (Å²) >= 11 is 0. The van der Waals surface area contributed by atoms with Crippen molar-refractivity contribution in [2.45, 2.75) is 44.7 Å². The van der Waals surface area contributed by atoms with Gasteiger partial charge < -0.3 is 16.0 Å². The Balaban J connectivity index is 0.00000242. The van der Waals surface area contributed by atoms with Crippen LogP contribution >= 0.6 is 24.8 Å². The van der Waals surface area contributed by atoms with Gasteiger partial charge in [0.25, 0.3) is 0 Å². The molecule has 2 unspecified atom stereocenters. The Morgan fingerprint density at radius 2 is 2.22 bits per heavy atom. The predicted molar refractivity (Wildman–Crippen MR) is 97.2 cm³/mol. The number of rotatable bonds is 5. The molecule has 0 bridgehead atoms. The minimum absolute atomic E-state index is 0. The zero-order valence-electron chi connectivity index (χ0n) is 13.3. The zero-order chi connectivity index (χ0) is 15.2. The molecule has 0 saturated carbocycles. The fraction of sp³-hybridized carbons (Fsp3) is 0.562. The monoisotopic (exact) mass is 365 g/mol. The molecule has 1 aliphatic rings. The lowest BCUT2D eigenvalue weighted by atomic mass is 10.0. The number of carbonyl (C=O) groups is 1. The summed E-state index contributed by atoms with van der Waals surface area (Å²) in [5.41, 5.74) is 6.54. The topological polar surface area (TPSA) is 58.4 Å². The first-order chi connectivity index (χ1) is 10.0. The van der Waals surface area contributed by atoms with Gasteiger partial charge in [0.05, 0.1) is 0 Å². The largest absolute Gasteiger partial charge is 0.369 e. The Bertz CT molecular complexity index is 488. The first kappa shape index (κ1) is 22.0. The molecule has 132 valence electrons. The van der Waals surface area contributed by atoms with Crippen LogP contribution in [0, 0.1) is 5.82 Å². The number of anilines is 1. The molecule has 1 amide bonds. The molecular weight excluding hydrogens is 340 g/mol. The predicted octanol–water partition coefficient (Wildman–Crippen LogP) is 2.88. The maximum absolute atomic E-state index is 13.3. The smallest absolute Gasteiger partial charge is 0.220 e. The van der Waals surface area contributed by atoms with Crippen molar-refractivity contribution < 1.29 is 9.18 Å². The molecule has 4 nitrogen and oxygen atoms in total. The average Bonchev–Trinajstić information content (AvgIpc) is 2.45. The first-order valence-electron chi connectivity index (χ1n) is 7.60. The minimum atomic E-state index is -0.226. The van der Waals surface area contributed by atoms with Gasteiger partial charge in [0.1, 0.15) is 5.82 Å². The summed E-state index contributed by atoms with van der Waals surface area (Å²) in [6.07, 6.45) is 3.13. The van der Waals surface area contributed by atoms with Crippen molar-refractivity contribution in [3.8, 4) is 0 Å². The summed E-state index contributed by atoms with van der Waals surface area (Å²) in [6, 6.07) is 6.79. The van der Waals surface area contributed by atoms with Gasteiger partial charge in [0.2, 0.25) is 5.91 Å². The molecule has 0 spiro atoms. The van der Waals surface area contributed by atoms with Crippen molar-refractivity contribution in [1.82, 2.24) is 5.32 Å². The van der Waals surface area contributed by atoms with Gasteiger partial charge in [-0.2, -0.15) is 0 Å². The van der Waals surface area contributed by atoms with Gasteiger partial charge in [0.15, 0.2) is 0 Å². The molecule has 0 aliphatic carbocycles. The summed E-state index contributed by atoms with van der Waals surface area (Å²) < 4.78 is 13.3. The van der Waals surface area contributed by atoms with Crippen LogP contribution in [-0.2, 0) is 4.79 Å². The van der Waals surface area contributed by atoms with E-state index >= 15 is 0 Å². The Kier molecular flexibility index (Phi) is 10.2. The van der Waals surface area contributed by atoms with E-state index in [1.807, 2.05) is 13.0 Å². The molecule has 3 N–H and O–H groups in total. The fourth-order valence-corrected chi connectivity index (χ4v) is 2.66. The first-order valence-corrected chi connectivity index (χ1v) is 7.60. The second-order valence-corrected chi connectivity index (χ2v) is 5.85. The van der Waals surface area contributed by atoms with Crippen LogP contribution in [0.15, 0.2) is 24.3 Å². The van der Waals surface area contributed by atoms with Gasteiger partial charge >= 0.3 is 0 Å². The number of piperidine rings is 1. The maximum atomic E-state index is 13.3. The highest BCUT2D eigenvalue weighted by Crippen LogP contribution is 2.20. The van der Waals surface area contributed by atoms with Crippen LogP contribution in [0.3, 0.4) is 0 Å². The highest BCUT2D eigenvalue weighted by Gasteiger charge is 2.21. The molecule has 1 heterocycles. The molecule has 1 saturated heterocycles. The average molecular weight is 366 g/mol. The van der Waals surface area contributed by atoms with Crippen LogP contribution < -0.4 is 16.0 Å². The van der Waals surface area contributed by atoms with E-state index in [9.17, 15) is 9.18 Å². The summed E-state index contributed by atoms with van der Waals surface area (Å²) in [4.78, 5) is 14.0. The molecule has 0 aromatic heterocycles. The van der Waals surface area contributed by atoms with E-state index in [0.717, 1.165) is 31.6 Å². The van der Waals surface area contributed by atoms with Crippen LogP contribution in [0.4, 0.5) is 10.1 Å². The molecule has 2 atom stereocenters. The summed E-state index contributed by atoms with van der Waals surface area (Å²) in [5.74, 6) is -0.172. The number of benzene rings is 1. The Labute approximate surface area is 149 Å². The van der Waals surface area contributed by atoms with Crippen molar-refractivity contribution in [2.24, 2.45) is 5.73 Å². The van der Waals surface area contributed by atoms with E-state index in [2.05, 4.69) is 10.2 Å². The lowest BCUT2D eigenvalue weighted by Crippen LogP contribution is -2.48. The Hall–Kier alpha value is -1.04. The van der Waals surface area contributed by atoms with Gasteiger partial charge in [-0.05, 0) is 44.4 Å². The lowest BCUT2D eigenvalue weighted by Gasteiger charge is -2.34. The molecule has 1 aromatic carbocycles. The van der Waals surface area contributed by atoms with Crippen molar-refractivity contribution in [1.29, 1.82) is 0 Å². The lowest BCUT2D eigenvalue weighted by molar-refractivity contribution is -0.122. The molecule has 0 radical (unpaired) electrons. The minimum Gasteiger partial charge on any atom is -0.369 e. The number of nitrogens with one attached hydrogen (secondary N) is 1.